The summed E-state index contributed by atoms with van der Waals surface area (Å²) >= 11 is 5.02. The Morgan fingerprint density at radius 1 is 0.828 bits per heavy atom. The number of hydrogen-bond donors (Lipinski definition) is 1. The van der Waals surface area contributed by atoms with Crippen molar-refractivity contribution >= 4 is 46.9 Å². The fourth-order valence-corrected chi connectivity index (χ4v) is 5.23. The second-order valence-electron chi connectivity index (χ2n) is 7.01. The highest BCUT2D eigenvalue weighted by atomic mass is 32.2. The predicted molar refractivity (Wildman–Crippen MR) is 133 cm³/mol. The summed E-state index contributed by atoms with van der Waals surface area (Å²) in [7, 11) is 0. The van der Waals surface area contributed by atoms with Crippen LogP contribution in [0.15, 0.2) is 16.4 Å². The zero-order chi connectivity index (χ0) is 21.2. The van der Waals surface area contributed by atoms with Gasteiger partial charge < -0.3 is 5.32 Å². The Labute approximate surface area is 191 Å². The molecule has 166 valence electrons. The molecule has 1 aromatic heterocycles. The summed E-state index contributed by atoms with van der Waals surface area (Å²) in [5, 5.41) is 4.80. The molecule has 0 fully saturated rings. The molecular weight excluding hydrogens is 418 g/mol. The topological polar surface area (TPSA) is 54.9 Å². The van der Waals surface area contributed by atoms with Gasteiger partial charge >= 0.3 is 0 Å². The third kappa shape index (κ3) is 12.8. The predicted octanol–water partition coefficient (Wildman–Crippen LogP) is 7.29. The Bertz CT molecular complexity index is 534. The molecule has 0 aromatic carbocycles. The Balaban J connectivity index is 2.18. The summed E-state index contributed by atoms with van der Waals surface area (Å²) in [4.78, 5) is 21.1. The highest BCUT2D eigenvalue weighted by Gasteiger charge is 2.14. The van der Waals surface area contributed by atoms with Gasteiger partial charge in [0.25, 0.3) is 0 Å². The van der Waals surface area contributed by atoms with Crippen molar-refractivity contribution in [1.29, 1.82) is 0 Å². The average Bonchev–Trinajstić information content (AvgIpc) is 2.71. The fourth-order valence-electron chi connectivity index (χ4n) is 2.99. The summed E-state index contributed by atoms with van der Waals surface area (Å²) < 4.78 is 0. The summed E-state index contributed by atoms with van der Waals surface area (Å²) in [6.07, 6.45) is 15.1. The molecule has 1 amide bonds. The first-order chi connectivity index (χ1) is 14.2. The van der Waals surface area contributed by atoms with E-state index in [4.69, 9.17) is 0 Å². The van der Waals surface area contributed by atoms with E-state index < -0.39 is 0 Å². The first-order valence-corrected chi connectivity index (χ1v) is 14.3. The highest BCUT2D eigenvalue weighted by molar-refractivity contribution is 8.00. The molecule has 0 saturated heterocycles. The molecule has 4 nitrogen and oxygen atoms in total. The SMILES string of the molecule is CCCCCCCCCCCCSCC(=O)Nc1c(SCC)ncnc1SCC. The molecule has 1 rings (SSSR count). The Morgan fingerprint density at radius 3 is 1.86 bits per heavy atom. The van der Waals surface area contributed by atoms with Crippen molar-refractivity contribution < 1.29 is 4.79 Å². The lowest BCUT2D eigenvalue weighted by Gasteiger charge is -2.12. The zero-order valence-corrected chi connectivity index (χ0v) is 21.0. The number of unbranched alkanes of at least 4 members (excludes halogenated alkanes) is 9. The van der Waals surface area contributed by atoms with Crippen LogP contribution in [0.1, 0.15) is 85.0 Å². The summed E-state index contributed by atoms with van der Waals surface area (Å²) in [5.74, 6) is 3.45. The molecule has 0 aliphatic carbocycles. The van der Waals surface area contributed by atoms with Gasteiger partial charge in [-0.2, -0.15) is 11.8 Å². The second kappa shape index (κ2) is 18.4. The molecule has 0 spiro atoms. The van der Waals surface area contributed by atoms with Crippen LogP contribution >= 0.6 is 35.3 Å². The van der Waals surface area contributed by atoms with Crippen LogP contribution in [0.3, 0.4) is 0 Å². The minimum atomic E-state index is 0.0489. The largest absolute Gasteiger partial charge is 0.321 e. The standard InChI is InChI=1S/C22H39N3OS3/c1-4-7-8-9-10-11-12-13-14-15-16-27-17-19(26)25-20-21(28-5-2)23-18-24-22(20)29-6-3/h18H,4-17H2,1-3H3,(H,25,26). The normalized spacial score (nSPS) is 11.0. The number of hydrogen-bond acceptors (Lipinski definition) is 6. The van der Waals surface area contributed by atoms with Gasteiger partial charge in [0.05, 0.1) is 5.75 Å². The van der Waals surface area contributed by atoms with Gasteiger partial charge in [0.15, 0.2) is 0 Å². The van der Waals surface area contributed by atoms with Gasteiger partial charge in [-0.15, -0.1) is 23.5 Å². The van der Waals surface area contributed by atoms with Gasteiger partial charge in [0.1, 0.15) is 22.1 Å². The zero-order valence-electron chi connectivity index (χ0n) is 18.5. The van der Waals surface area contributed by atoms with Crippen LogP contribution in [0.4, 0.5) is 5.69 Å². The molecule has 0 radical (unpaired) electrons. The third-order valence-electron chi connectivity index (χ3n) is 4.48. The maximum absolute atomic E-state index is 12.4. The van der Waals surface area contributed by atoms with E-state index in [1.54, 1.807) is 41.6 Å². The Kier molecular flexibility index (Phi) is 16.9. The molecule has 1 aromatic rings. The molecule has 0 atom stereocenters. The molecule has 29 heavy (non-hydrogen) atoms. The molecule has 0 saturated carbocycles. The van der Waals surface area contributed by atoms with Gasteiger partial charge in [-0.1, -0.05) is 78.6 Å². The van der Waals surface area contributed by atoms with E-state index in [9.17, 15) is 4.79 Å². The van der Waals surface area contributed by atoms with E-state index in [-0.39, 0.29) is 5.91 Å². The van der Waals surface area contributed by atoms with E-state index in [1.807, 2.05) is 0 Å². The van der Waals surface area contributed by atoms with Crippen LogP contribution in [0.25, 0.3) is 0 Å². The number of carbonyl (C=O) groups is 1. The van der Waals surface area contributed by atoms with Gasteiger partial charge in [-0.25, -0.2) is 9.97 Å². The van der Waals surface area contributed by atoms with Gasteiger partial charge in [0, 0.05) is 0 Å². The quantitative estimate of drug-likeness (QED) is 0.142. The molecule has 1 N–H and O–H groups in total. The van der Waals surface area contributed by atoms with Gasteiger partial charge in [-0.05, 0) is 23.7 Å². The number of nitrogens with zero attached hydrogens (tertiary/aromatic N) is 2. The molecule has 0 unspecified atom stereocenters. The summed E-state index contributed by atoms with van der Waals surface area (Å²) in [6, 6.07) is 0. The monoisotopic (exact) mass is 457 g/mol. The minimum Gasteiger partial charge on any atom is -0.321 e. The van der Waals surface area contributed by atoms with Gasteiger partial charge in [-0.3, -0.25) is 4.79 Å². The van der Waals surface area contributed by atoms with Crippen LogP contribution in [-0.2, 0) is 4.79 Å². The first kappa shape index (κ1) is 26.6. The van der Waals surface area contributed by atoms with Crippen LogP contribution < -0.4 is 5.32 Å². The number of amides is 1. The third-order valence-corrected chi connectivity index (χ3v) is 7.27. The lowest BCUT2D eigenvalue weighted by molar-refractivity contribution is -0.113. The van der Waals surface area contributed by atoms with E-state index in [0.717, 1.165) is 33.0 Å². The maximum atomic E-state index is 12.4. The van der Waals surface area contributed by atoms with E-state index in [1.165, 1.54) is 64.2 Å². The van der Waals surface area contributed by atoms with Crippen LogP contribution in [0.5, 0.6) is 0 Å². The van der Waals surface area contributed by atoms with Crippen molar-refractivity contribution in [1.82, 2.24) is 9.97 Å². The van der Waals surface area contributed by atoms with E-state index >= 15 is 0 Å². The van der Waals surface area contributed by atoms with Crippen LogP contribution in [0, 0.1) is 0 Å². The number of rotatable bonds is 18. The summed E-state index contributed by atoms with van der Waals surface area (Å²) in [5.41, 5.74) is 0.788. The molecule has 0 aliphatic rings. The number of thioether (sulfide) groups is 3. The number of nitrogens with one attached hydrogen (secondary N) is 1. The van der Waals surface area contributed by atoms with Crippen molar-refractivity contribution in [2.24, 2.45) is 0 Å². The van der Waals surface area contributed by atoms with E-state index in [2.05, 4.69) is 36.1 Å². The number of carbonyl (C=O) groups excluding carboxylic acids is 1. The minimum absolute atomic E-state index is 0.0489. The molecular formula is C22H39N3OS3. The highest BCUT2D eigenvalue weighted by Crippen LogP contribution is 2.32. The van der Waals surface area contributed by atoms with Crippen molar-refractivity contribution in [2.45, 2.75) is 95.0 Å². The van der Waals surface area contributed by atoms with E-state index in [0.29, 0.717) is 5.75 Å². The lowest BCUT2D eigenvalue weighted by atomic mass is 10.1. The molecule has 1 heterocycles. The van der Waals surface area contributed by atoms with Crippen molar-refractivity contribution in [2.75, 3.05) is 28.3 Å². The number of aromatic nitrogens is 2. The molecule has 0 aliphatic heterocycles. The second-order valence-corrected chi connectivity index (χ2v) is 10.6. The first-order valence-electron chi connectivity index (χ1n) is 11.2. The van der Waals surface area contributed by atoms with Crippen LogP contribution in [-0.4, -0.2) is 38.9 Å². The number of anilines is 1. The van der Waals surface area contributed by atoms with Crippen molar-refractivity contribution in [3.05, 3.63) is 6.33 Å². The average molecular weight is 458 g/mol. The molecule has 7 heteroatoms. The smallest absolute Gasteiger partial charge is 0.234 e. The van der Waals surface area contributed by atoms with Crippen LogP contribution in [0.2, 0.25) is 0 Å². The lowest BCUT2D eigenvalue weighted by Crippen LogP contribution is -2.16. The molecule has 0 bridgehead atoms. The Morgan fingerprint density at radius 2 is 1.34 bits per heavy atom. The Hall–Kier alpha value is -0.400. The summed E-state index contributed by atoms with van der Waals surface area (Å²) in [6.45, 7) is 6.45. The van der Waals surface area contributed by atoms with Gasteiger partial charge in [0.2, 0.25) is 5.91 Å². The fraction of sp³-hybridized carbons (Fsp3) is 0.773. The van der Waals surface area contributed by atoms with Crippen molar-refractivity contribution in [3.63, 3.8) is 0 Å². The van der Waals surface area contributed by atoms with Crippen molar-refractivity contribution in [3.8, 4) is 0 Å². The maximum Gasteiger partial charge on any atom is 0.234 e.